The molecule has 0 bridgehead atoms. The van der Waals surface area contributed by atoms with Crippen molar-refractivity contribution in [3.63, 3.8) is 0 Å². The van der Waals surface area contributed by atoms with Gasteiger partial charge in [-0.05, 0) is 89.9 Å². The number of hydrogen-bond donors (Lipinski definition) is 4. The number of rotatable bonds is 44. The van der Waals surface area contributed by atoms with Gasteiger partial charge >= 0.3 is 16.4 Å². The SMILES string of the molecule is CC/C=C\C/C=C\C/C=C\C/C=C\C/C=C\C/C=C\CCCCC(=O)OC(COCCCCCCCCCC/C=C\CCCCCCCCC)COC1OC(CO)C(O)C(OS(=O)(=O)O)C1O. The number of ether oxygens (including phenoxy) is 4. The van der Waals surface area contributed by atoms with Crippen LogP contribution in [-0.4, -0.2) is 97.5 Å². The maximum atomic E-state index is 12.9. The predicted molar refractivity (Wildman–Crippen MR) is 271 cm³/mol. The van der Waals surface area contributed by atoms with Crippen molar-refractivity contribution in [3.05, 3.63) is 85.1 Å². The molecule has 1 fully saturated rings. The lowest BCUT2D eigenvalue weighted by molar-refractivity contribution is -0.301. The van der Waals surface area contributed by atoms with Crippen molar-refractivity contribution in [2.24, 2.45) is 0 Å². The average Bonchev–Trinajstić information content (AvgIpc) is 3.30. The highest BCUT2D eigenvalue weighted by atomic mass is 32.3. The van der Waals surface area contributed by atoms with E-state index >= 15 is 0 Å². The third-order valence-electron chi connectivity index (χ3n) is 11.3. The molecular weight excluding hydrogens is 873 g/mol. The molecule has 6 unspecified atom stereocenters. The number of esters is 1. The smallest absolute Gasteiger partial charge is 0.397 e. The van der Waals surface area contributed by atoms with Gasteiger partial charge in [0.2, 0.25) is 0 Å². The summed E-state index contributed by atoms with van der Waals surface area (Å²) in [5, 5.41) is 30.8. The Bertz CT molecular complexity index is 1490. The van der Waals surface area contributed by atoms with Crippen molar-refractivity contribution in [2.75, 3.05) is 26.4 Å². The molecular formula is C54H92O12S. The minimum absolute atomic E-state index is 0.0115. The van der Waals surface area contributed by atoms with E-state index in [0.717, 1.165) is 70.6 Å². The van der Waals surface area contributed by atoms with E-state index in [1.807, 2.05) is 0 Å². The number of carbonyl (C=O) groups excluding carboxylic acids is 1. The molecule has 0 aromatic carbocycles. The highest BCUT2D eigenvalue weighted by molar-refractivity contribution is 7.80. The van der Waals surface area contributed by atoms with Crippen molar-refractivity contribution < 1.29 is 56.2 Å². The maximum absolute atomic E-state index is 12.9. The van der Waals surface area contributed by atoms with Crippen LogP contribution in [0.5, 0.6) is 0 Å². The van der Waals surface area contributed by atoms with Gasteiger partial charge in [-0.25, -0.2) is 4.18 Å². The van der Waals surface area contributed by atoms with E-state index in [1.165, 1.54) is 89.9 Å². The van der Waals surface area contributed by atoms with E-state index in [0.29, 0.717) is 13.0 Å². The fourth-order valence-corrected chi connectivity index (χ4v) is 7.88. The Labute approximate surface area is 406 Å². The van der Waals surface area contributed by atoms with Crippen LogP contribution in [0.25, 0.3) is 0 Å². The summed E-state index contributed by atoms with van der Waals surface area (Å²) in [5.74, 6) is -0.444. The van der Waals surface area contributed by atoms with Crippen molar-refractivity contribution in [1.29, 1.82) is 0 Å². The Balaban J connectivity index is 2.41. The fourth-order valence-electron chi connectivity index (χ4n) is 7.38. The van der Waals surface area contributed by atoms with Gasteiger partial charge in [-0.3, -0.25) is 9.35 Å². The van der Waals surface area contributed by atoms with Gasteiger partial charge < -0.3 is 34.3 Å². The summed E-state index contributed by atoms with van der Waals surface area (Å²) in [4.78, 5) is 12.9. The van der Waals surface area contributed by atoms with Crippen LogP contribution in [-0.2, 0) is 38.3 Å². The second-order valence-corrected chi connectivity index (χ2v) is 18.4. The second kappa shape index (κ2) is 44.5. The molecule has 386 valence electrons. The summed E-state index contributed by atoms with van der Waals surface area (Å²) in [6.07, 6.45) is 50.4. The molecule has 0 saturated carbocycles. The molecule has 67 heavy (non-hydrogen) atoms. The highest BCUT2D eigenvalue weighted by Crippen LogP contribution is 2.26. The lowest BCUT2D eigenvalue weighted by atomic mass is 9.99. The largest absolute Gasteiger partial charge is 0.457 e. The summed E-state index contributed by atoms with van der Waals surface area (Å²) in [6.45, 7) is 3.81. The van der Waals surface area contributed by atoms with Gasteiger partial charge in [0.15, 0.2) is 6.29 Å². The number of aliphatic hydroxyl groups is 3. The molecule has 0 radical (unpaired) electrons. The van der Waals surface area contributed by atoms with Gasteiger partial charge in [0.1, 0.15) is 30.5 Å². The number of unbranched alkanes of at least 4 members (excludes halogenated alkanes) is 17. The number of hydrogen-bond acceptors (Lipinski definition) is 11. The first-order chi connectivity index (χ1) is 32.6. The normalized spacial score (nSPS) is 20.1. The van der Waals surface area contributed by atoms with E-state index in [9.17, 15) is 33.1 Å². The average molecular weight is 965 g/mol. The molecule has 0 amide bonds. The van der Waals surface area contributed by atoms with Crippen LogP contribution in [0, 0.1) is 0 Å². The summed E-state index contributed by atoms with van der Waals surface area (Å²) in [7, 11) is -5.08. The van der Waals surface area contributed by atoms with Crippen molar-refractivity contribution >= 4 is 16.4 Å². The number of aliphatic hydroxyl groups excluding tert-OH is 3. The van der Waals surface area contributed by atoms with E-state index in [1.54, 1.807) is 0 Å². The van der Waals surface area contributed by atoms with Crippen LogP contribution >= 0.6 is 0 Å². The zero-order chi connectivity index (χ0) is 48.9. The zero-order valence-electron chi connectivity index (χ0n) is 41.4. The molecule has 13 heteroatoms. The quantitative estimate of drug-likeness (QED) is 0.0197. The fraction of sp³-hybridized carbons (Fsp3) is 0.722. The Morgan fingerprint density at radius 1 is 0.582 bits per heavy atom. The monoisotopic (exact) mass is 965 g/mol. The van der Waals surface area contributed by atoms with Crippen LogP contribution in [0.1, 0.15) is 187 Å². The molecule has 0 aromatic rings. The number of carbonyl (C=O) groups is 1. The third kappa shape index (κ3) is 37.8. The predicted octanol–water partition coefficient (Wildman–Crippen LogP) is 12.0. The minimum Gasteiger partial charge on any atom is -0.457 e. The van der Waals surface area contributed by atoms with Gasteiger partial charge in [-0.1, -0.05) is 176 Å². The molecule has 12 nitrogen and oxygen atoms in total. The van der Waals surface area contributed by atoms with Crippen LogP contribution in [0.3, 0.4) is 0 Å². The molecule has 1 heterocycles. The van der Waals surface area contributed by atoms with Crippen molar-refractivity contribution in [2.45, 2.75) is 224 Å². The third-order valence-corrected chi connectivity index (χ3v) is 11.7. The van der Waals surface area contributed by atoms with Gasteiger partial charge in [0, 0.05) is 13.0 Å². The Morgan fingerprint density at radius 2 is 1.03 bits per heavy atom. The van der Waals surface area contributed by atoms with Gasteiger partial charge in [-0.15, -0.1) is 0 Å². The van der Waals surface area contributed by atoms with E-state index in [4.69, 9.17) is 18.9 Å². The first kappa shape index (κ1) is 62.3. The van der Waals surface area contributed by atoms with Gasteiger partial charge in [-0.2, -0.15) is 8.42 Å². The molecule has 0 aliphatic carbocycles. The summed E-state index contributed by atoms with van der Waals surface area (Å²) < 4.78 is 59.2. The molecule has 0 spiro atoms. The molecule has 4 N–H and O–H groups in total. The van der Waals surface area contributed by atoms with Crippen LogP contribution in [0.2, 0.25) is 0 Å². The summed E-state index contributed by atoms with van der Waals surface area (Å²) >= 11 is 0. The van der Waals surface area contributed by atoms with E-state index in [-0.39, 0.29) is 19.6 Å². The van der Waals surface area contributed by atoms with Gasteiger partial charge in [0.05, 0.1) is 19.8 Å². The standard InChI is InChI=1S/C54H92O12S/c1-3-5-7-9-11-13-15-17-19-21-23-24-25-27-29-31-33-35-37-39-41-43-50(56)64-48(47-63-54-52(58)53(66-67(59,60)61)51(57)49(45-55)65-54)46-62-44-42-40-38-36-34-32-30-28-26-22-20-18-16-14-12-10-8-6-4-2/h5,7,11,13,17,19-20,22-24,27,29,33,35,48-49,51-55,57-58H,3-4,6,8-10,12,14-16,18,21,25-26,28,30-32,34,36-47H2,1-2H3,(H,59,60,61)/b7-5-,13-11-,19-17-,22-20-,24-23-,29-27-,35-33-. The topological polar surface area (TPSA) is 178 Å². The molecule has 1 rings (SSSR count). The first-order valence-electron chi connectivity index (χ1n) is 25.8. The summed E-state index contributed by atoms with van der Waals surface area (Å²) in [6, 6.07) is 0. The molecule has 1 saturated heterocycles. The minimum atomic E-state index is -5.08. The van der Waals surface area contributed by atoms with Crippen LogP contribution in [0.15, 0.2) is 85.1 Å². The van der Waals surface area contributed by atoms with Crippen LogP contribution < -0.4 is 0 Å². The van der Waals surface area contributed by atoms with Crippen LogP contribution in [0.4, 0.5) is 0 Å². The van der Waals surface area contributed by atoms with Crippen molar-refractivity contribution in [1.82, 2.24) is 0 Å². The molecule has 6 atom stereocenters. The molecule has 0 aromatic heterocycles. The summed E-state index contributed by atoms with van der Waals surface area (Å²) in [5.41, 5.74) is 0. The Kier molecular flexibility index (Phi) is 41.4. The first-order valence-corrected chi connectivity index (χ1v) is 27.2. The highest BCUT2D eigenvalue weighted by Gasteiger charge is 2.48. The number of allylic oxidation sites excluding steroid dienone is 14. The van der Waals surface area contributed by atoms with E-state index in [2.05, 4.69) is 103 Å². The Hall–Kier alpha value is -2.72. The van der Waals surface area contributed by atoms with Gasteiger partial charge in [0.25, 0.3) is 0 Å². The Morgan fingerprint density at radius 3 is 1.52 bits per heavy atom. The lowest BCUT2D eigenvalue weighted by Crippen LogP contribution is -2.60. The zero-order valence-corrected chi connectivity index (χ0v) is 42.2. The lowest BCUT2D eigenvalue weighted by Gasteiger charge is -2.41. The van der Waals surface area contributed by atoms with E-state index < -0.39 is 59.8 Å². The molecule has 1 aliphatic rings. The maximum Gasteiger partial charge on any atom is 0.397 e. The molecule has 1 aliphatic heterocycles. The van der Waals surface area contributed by atoms with Crippen molar-refractivity contribution in [3.8, 4) is 0 Å². The second-order valence-electron chi connectivity index (χ2n) is 17.4.